The first kappa shape index (κ1) is 20.8. The van der Waals surface area contributed by atoms with E-state index in [-0.39, 0.29) is 10.9 Å². The van der Waals surface area contributed by atoms with Crippen molar-refractivity contribution in [3.8, 4) is 22.6 Å². The molecule has 12 heteroatoms. The molecule has 160 valence electrons. The highest BCUT2D eigenvalue weighted by molar-refractivity contribution is 7.93. The molecule has 0 aliphatic heterocycles. The number of rotatable bonds is 7. The van der Waals surface area contributed by atoms with Gasteiger partial charge in [0.2, 0.25) is 5.13 Å². The molecule has 31 heavy (non-hydrogen) atoms. The Morgan fingerprint density at radius 1 is 1.23 bits per heavy atom. The van der Waals surface area contributed by atoms with Crippen molar-refractivity contribution in [1.82, 2.24) is 20.4 Å². The largest absolute Gasteiger partial charge is 0.453 e. The van der Waals surface area contributed by atoms with Gasteiger partial charge in [-0.1, -0.05) is 29.5 Å². The number of H-pyrrole nitrogens is 1. The predicted octanol–water partition coefficient (Wildman–Crippen LogP) is 3.73. The van der Waals surface area contributed by atoms with Crippen LogP contribution in [0.25, 0.3) is 11.1 Å². The van der Waals surface area contributed by atoms with Gasteiger partial charge >= 0.3 is 0 Å². The van der Waals surface area contributed by atoms with Crippen molar-refractivity contribution in [3.05, 3.63) is 60.1 Å². The van der Waals surface area contributed by atoms with Crippen LogP contribution in [0.5, 0.6) is 11.5 Å². The molecule has 0 aliphatic carbocycles. The van der Waals surface area contributed by atoms with Crippen LogP contribution in [-0.2, 0) is 10.0 Å². The van der Waals surface area contributed by atoms with Crippen molar-refractivity contribution < 1.29 is 17.5 Å². The Balaban J connectivity index is 1.95. The summed E-state index contributed by atoms with van der Waals surface area (Å²) < 4.78 is 49.9. The molecule has 2 aromatic carbocycles. The number of nitrogens with zero attached hydrogens (tertiary/aromatic N) is 4. The van der Waals surface area contributed by atoms with Crippen molar-refractivity contribution in [1.29, 1.82) is 0 Å². The van der Waals surface area contributed by atoms with Gasteiger partial charge in [0.05, 0.1) is 11.8 Å². The number of hydrogen-bond donors (Lipinski definition) is 2. The molecule has 0 amide bonds. The van der Waals surface area contributed by atoms with Gasteiger partial charge in [-0.25, -0.2) is 12.8 Å². The molecule has 0 atom stereocenters. The van der Waals surface area contributed by atoms with Crippen molar-refractivity contribution in [2.24, 2.45) is 0 Å². The van der Waals surface area contributed by atoms with Crippen LogP contribution in [0.1, 0.15) is 0 Å². The number of benzene rings is 2. The number of nitrogens with one attached hydrogen (secondary N) is 2. The van der Waals surface area contributed by atoms with E-state index < -0.39 is 20.7 Å². The van der Waals surface area contributed by atoms with E-state index in [2.05, 4.69) is 25.1 Å². The van der Waals surface area contributed by atoms with Gasteiger partial charge in [0.15, 0.2) is 11.6 Å². The average Bonchev–Trinajstić information content (AvgIpc) is 3.43. The molecule has 0 saturated heterocycles. The minimum absolute atomic E-state index is 0.0234. The van der Waals surface area contributed by atoms with Crippen molar-refractivity contribution in [3.63, 3.8) is 0 Å². The third kappa shape index (κ3) is 4.20. The first-order valence-corrected chi connectivity index (χ1v) is 11.3. The summed E-state index contributed by atoms with van der Waals surface area (Å²) >= 11 is 0.980. The zero-order chi connectivity index (χ0) is 22.0. The van der Waals surface area contributed by atoms with E-state index in [4.69, 9.17) is 4.74 Å². The smallest absolute Gasteiger partial charge is 0.266 e. The van der Waals surface area contributed by atoms with Crippen molar-refractivity contribution >= 4 is 32.2 Å². The minimum atomic E-state index is -4.32. The second-order valence-electron chi connectivity index (χ2n) is 6.56. The average molecular weight is 461 g/mol. The maximum absolute atomic E-state index is 15.8. The first-order chi connectivity index (χ1) is 14.9. The first-order valence-electron chi connectivity index (χ1n) is 8.91. The summed E-state index contributed by atoms with van der Waals surface area (Å²) in [5.41, 5.74) is 2.68. The number of sulfonamides is 1. The van der Waals surface area contributed by atoms with Crippen LogP contribution in [-0.4, -0.2) is 42.9 Å². The lowest BCUT2D eigenvalue weighted by Gasteiger charge is -2.22. The SMILES string of the molecule is CN(C)c1cc(S(=O)(=O)Nc2nncs2)c(F)c(Oc2ccccc2)c1-c1cn[nH]c1. The summed E-state index contributed by atoms with van der Waals surface area (Å²) in [6.07, 6.45) is 3.08. The number of aromatic nitrogens is 4. The number of ether oxygens (including phenoxy) is 1. The van der Waals surface area contributed by atoms with E-state index >= 15 is 4.39 Å². The topological polar surface area (TPSA) is 113 Å². The van der Waals surface area contributed by atoms with Gasteiger partial charge in [-0.3, -0.25) is 9.82 Å². The van der Waals surface area contributed by atoms with Crippen LogP contribution in [0.15, 0.2) is 59.2 Å². The molecule has 0 bridgehead atoms. The highest BCUT2D eigenvalue weighted by Gasteiger charge is 2.30. The molecule has 0 saturated carbocycles. The number of para-hydroxylation sites is 1. The maximum Gasteiger partial charge on any atom is 0.266 e. The predicted molar refractivity (Wildman–Crippen MR) is 116 cm³/mol. The zero-order valence-electron chi connectivity index (χ0n) is 16.4. The fourth-order valence-corrected chi connectivity index (χ4v) is 4.69. The fraction of sp³-hybridized carbons (Fsp3) is 0.105. The highest BCUT2D eigenvalue weighted by Crippen LogP contribution is 2.44. The van der Waals surface area contributed by atoms with Gasteiger partial charge < -0.3 is 9.64 Å². The lowest BCUT2D eigenvalue weighted by molar-refractivity contribution is 0.435. The van der Waals surface area contributed by atoms with Crippen LogP contribution < -0.4 is 14.4 Å². The number of anilines is 2. The Bertz CT molecular complexity index is 1280. The Morgan fingerprint density at radius 2 is 2.00 bits per heavy atom. The second kappa shape index (κ2) is 8.32. The summed E-state index contributed by atoms with van der Waals surface area (Å²) in [6.45, 7) is 0. The molecule has 0 fully saturated rings. The Labute approximate surface area is 181 Å². The highest BCUT2D eigenvalue weighted by atomic mass is 32.2. The molecule has 9 nitrogen and oxygen atoms in total. The summed E-state index contributed by atoms with van der Waals surface area (Å²) in [5, 5.41) is 13.9. The van der Waals surface area contributed by atoms with Crippen molar-refractivity contribution in [2.45, 2.75) is 4.90 Å². The van der Waals surface area contributed by atoms with Gasteiger partial charge in [0, 0.05) is 31.5 Å². The number of halogens is 1. The third-order valence-electron chi connectivity index (χ3n) is 4.27. The summed E-state index contributed by atoms with van der Waals surface area (Å²) in [4.78, 5) is 1.09. The molecule has 2 aromatic heterocycles. The van der Waals surface area contributed by atoms with Crippen LogP contribution in [0.4, 0.5) is 15.2 Å². The molecule has 4 rings (SSSR count). The summed E-state index contributed by atoms with van der Waals surface area (Å²) in [6, 6.07) is 9.80. The van der Waals surface area contributed by atoms with Gasteiger partial charge in [-0.2, -0.15) is 5.10 Å². The molecular weight excluding hydrogens is 443 g/mol. The third-order valence-corrected chi connectivity index (χ3v) is 6.34. The minimum Gasteiger partial charge on any atom is -0.453 e. The van der Waals surface area contributed by atoms with E-state index in [1.165, 1.54) is 17.8 Å². The summed E-state index contributed by atoms with van der Waals surface area (Å²) in [7, 11) is -0.878. The number of aromatic amines is 1. The van der Waals surface area contributed by atoms with E-state index in [1.807, 2.05) is 0 Å². The van der Waals surface area contributed by atoms with Gasteiger partial charge in [-0.15, -0.1) is 10.2 Å². The lowest BCUT2D eigenvalue weighted by atomic mass is 10.0. The molecule has 0 aliphatic rings. The monoisotopic (exact) mass is 460 g/mol. The van der Waals surface area contributed by atoms with Crippen LogP contribution in [0.2, 0.25) is 0 Å². The van der Waals surface area contributed by atoms with Gasteiger partial charge in [0.25, 0.3) is 10.0 Å². The van der Waals surface area contributed by atoms with E-state index in [1.54, 1.807) is 55.5 Å². The van der Waals surface area contributed by atoms with E-state index in [9.17, 15) is 8.42 Å². The normalized spacial score (nSPS) is 11.3. The Hall–Kier alpha value is -3.51. The molecule has 0 spiro atoms. The van der Waals surface area contributed by atoms with Gasteiger partial charge in [-0.05, 0) is 18.2 Å². The number of hydrogen-bond acceptors (Lipinski definition) is 8. The molecule has 0 unspecified atom stereocenters. The standard InChI is InChI=1S/C19H17FN6O3S2/c1-26(2)14-8-15(31(27,28)25-19-24-23-11-30-19)17(20)18(16(14)12-9-21-22-10-12)29-13-6-4-3-5-7-13/h3-11H,1-2H3,(H,21,22)(H,24,25). The van der Waals surface area contributed by atoms with Crippen LogP contribution in [0, 0.1) is 5.82 Å². The molecular formula is C19H17FN6O3S2. The molecule has 2 N–H and O–H groups in total. The fourth-order valence-electron chi connectivity index (χ4n) is 2.90. The van der Waals surface area contributed by atoms with E-state index in [0.29, 0.717) is 22.6 Å². The molecule has 4 aromatic rings. The van der Waals surface area contributed by atoms with Crippen LogP contribution >= 0.6 is 11.3 Å². The zero-order valence-corrected chi connectivity index (χ0v) is 18.0. The lowest BCUT2D eigenvalue weighted by Crippen LogP contribution is -2.18. The van der Waals surface area contributed by atoms with E-state index in [0.717, 1.165) is 11.3 Å². The second-order valence-corrected chi connectivity index (χ2v) is 9.04. The maximum atomic E-state index is 15.8. The van der Waals surface area contributed by atoms with Gasteiger partial charge in [0.1, 0.15) is 16.2 Å². The molecule has 0 radical (unpaired) electrons. The van der Waals surface area contributed by atoms with Crippen LogP contribution in [0.3, 0.4) is 0 Å². The quantitative estimate of drug-likeness (QED) is 0.432. The Kier molecular flexibility index (Phi) is 5.57. The van der Waals surface area contributed by atoms with Crippen molar-refractivity contribution in [2.75, 3.05) is 23.7 Å². The summed E-state index contributed by atoms with van der Waals surface area (Å²) in [5.74, 6) is -0.929. The Morgan fingerprint density at radius 3 is 2.61 bits per heavy atom. The molecule has 2 heterocycles.